The average molecular weight is 365 g/mol. The number of aromatic nitrogens is 3. The molecule has 1 N–H and O–H groups in total. The third-order valence-electron chi connectivity index (χ3n) is 4.90. The highest BCUT2D eigenvalue weighted by Crippen LogP contribution is 2.45. The second kappa shape index (κ2) is 5.49. The van der Waals surface area contributed by atoms with Crippen LogP contribution in [0, 0.1) is 5.41 Å². The number of pyridine rings is 1. The molecule has 2 fully saturated rings. The highest BCUT2D eigenvalue weighted by atomic mass is 79.9. The van der Waals surface area contributed by atoms with Gasteiger partial charge in [-0.15, -0.1) is 10.2 Å². The van der Waals surface area contributed by atoms with E-state index in [9.17, 15) is 0 Å². The van der Waals surface area contributed by atoms with Crippen molar-refractivity contribution in [3.63, 3.8) is 0 Å². The van der Waals surface area contributed by atoms with E-state index in [4.69, 9.17) is 4.74 Å². The van der Waals surface area contributed by atoms with Crippen molar-refractivity contribution in [2.45, 2.75) is 38.5 Å². The number of rotatable bonds is 4. The van der Waals surface area contributed by atoms with Crippen LogP contribution in [0.25, 0.3) is 5.65 Å². The molecule has 22 heavy (non-hydrogen) atoms. The van der Waals surface area contributed by atoms with Gasteiger partial charge in [-0.2, -0.15) is 0 Å². The molecule has 2 aliphatic rings. The summed E-state index contributed by atoms with van der Waals surface area (Å²) in [5.41, 5.74) is 2.40. The lowest BCUT2D eigenvalue weighted by molar-refractivity contribution is 0.122. The largest absolute Gasteiger partial charge is 0.493 e. The Morgan fingerprint density at radius 3 is 2.86 bits per heavy atom. The zero-order chi connectivity index (χ0) is 15.2. The molecule has 0 unspecified atom stereocenters. The van der Waals surface area contributed by atoms with Crippen molar-refractivity contribution < 1.29 is 4.74 Å². The SMILES string of the molecule is CC1(COc2cc3nnc(Br)n3cc2C2CC2)CCNCC1. The summed E-state index contributed by atoms with van der Waals surface area (Å²) in [4.78, 5) is 0. The molecule has 0 amide bonds. The number of hydrogen-bond donors (Lipinski definition) is 1. The first kappa shape index (κ1) is 14.5. The number of fused-ring (bicyclic) bond motifs is 1. The van der Waals surface area contributed by atoms with Crippen LogP contribution in [0.1, 0.15) is 44.1 Å². The van der Waals surface area contributed by atoms with Crippen molar-refractivity contribution in [1.29, 1.82) is 0 Å². The van der Waals surface area contributed by atoms with Gasteiger partial charge in [0.05, 0.1) is 6.61 Å². The number of nitrogens with zero attached hydrogens (tertiary/aromatic N) is 3. The van der Waals surface area contributed by atoms with E-state index >= 15 is 0 Å². The van der Waals surface area contributed by atoms with E-state index < -0.39 is 0 Å². The first-order chi connectivity index (χ1) is 10.6. The quantitative estimate of drug-likeness (QED) is 0.905. The summed E-state index contributed by atoms with van der Waals surface area (Å²) in [6, 6.07) is 2.04. The van der Waals surface area contributed by atoms with Crippen molar-refractivity contribution in [1.82, 2.24) is 19.9 Å². The maximum atomic E-state index is 6.27. The lowest BCUT2D eigenvalue weighted by atomic mass is 9.82. The second-order valence-corrected chi connectivity index (χ2v) is 7.62. The molecule has 4 rings (SSSR count). The van der Waals surface area contributed by atoms with Gasteiger partial charge in [-0.3, -0.25) is 4.40 Å². The fourth-order valence-electron chi connectivity index (χ4n) is 3.16. The van der Waals surface area contributed by atoms with E-state index in [1.807, 2.05) is 10.5 Å². The normalized spacial score (nSPS) is 21.2. The molecule has 1 aliphatic heterocycles. The van der Waals surface area contributed by atoms with Gasteiger partial charge in [0.25, 0.3) is 0 Å². The van der Waals surface area contributed by atoms with E-state index in [0.717, 1.165) is 35.8 Å². The van der Waals surface area contributed by atoms with Crippen molar-refractivity contribution >= 4 is 21.6 Å². The molecule has 3 heterocycles. The molecule has 5 nitrogen and oxygen atoms in total. The number of ether oxygens (including phenoxy) is 1. The molecule has 1 saturated carbocycles. The summed E-state index contributed by atoms with van der Waals surface area (Å²) in [6.45, 7) is 5.29. The summed E-state index contributed by atoms with van der Waals surface area (Å²) < 4.78 is 9.02. The maximum absolute atomic E-state index is 6.27. The molecular weight excluding hydrogens is 344 g/mol. The van der Waals surface area contributed by atoms with Gasteiger partial charge in [0, 0.05) is 23.2 Å². The first-order valence-electron chi connectivity index (χ1n) is 8.02. The number of hydrogen-bond acceptors (Lipinski definition) is 4. The lowest BCUT2D eigenvalue weighted by Gasteiger charge is -2.34. The van der Waals surface area contributed by atoms with E-state index in [-0.39, 0.29) is 5.41 Å². The molecule has 0 aromatic carbocycles. The molecule has 0 spiro atoms. The topological polar surface area (TPSA) is 51.5 Å². The van der Waals surface area contributed by atoms with Gasteiger partial charge in [0.2, 0.25) is 4.73 Å². The van der Waals surface area contributed by atoms with Gasteiger partial charge >= 0.3 is 0 Å². The Morgan fingerprint density at radius 1 is 1.36 bits per heavy atom. The molecule has 0 bridgehead atoms. The van der Waals surface area contributed by atoms with E-state index in [0.29, 0.717) is 5.92 Å². The van der Waals surface area contributed by atoms with Crippen LogP contribution in [0.4, 0.5) is 0 Å². The zero-order valence-electron chi connectivity index (χ0n) is 12.8. The zero-order valence-corrected chi connectivity index (χ0v) is 14.4. The molecule has 1 saturated heterocycles. The van der Waals surface area contributed by atoms with Crippen LogP contribution in [-0.4, -0.2) is 34.3 Å². The fourth-order valence-corrected chi connectivity index (χ4v) is 3.52. The summed E-state index contributed by atoms with van der Waals surface area (Å²) in [6.07, 6.45) is 6.98. The summed E-state index contributed by atoms with van der Waals surface area (Å²) in [7, 11) is 0. The Bertz CT molecular complexity index is 689. The van der Waals surface area contributed by atoms with Gasteiger partial charge < -0.3 is 10.1 Å². The smallest absolute Gasteiger partial charge is 0.204 e. The van der Waals surface area contributed by atoms with Crippen molar-refractivity contribution in [2.75, 3.05) is 19.7 Å². The third-order valence-corrected chi connectivity index (χ3v) is 5.44. The van der Waals surface area contributed by atoms with Crippen LogP contribution in [0.2, 0.25) is 0 Å². The Hall–Kier alpha value is -1.14. The number of nitrogens with one attached hydrogen (secondary N) is 1. The molecule has 0 radical (unpaired) electrons. The molecule has 1 aliphatic carbocycles. The molecule has 2 aromatic heterocycles. The molecule has 2 aromatic rings. The maximum Gasteiger partial charge on any atom is 0.204 e. The molecule has 0 atom stereocenters. The van der Waals surface area contributed by atoms with Crippen molar-refractivity contribution in [2.24, 2.45) is 5.41 Å². The van der Waals surface area contributed by atoms with E-state index in [1.54, 1.807) is 0 Å². The van der Waals surface area contributed by atoms with Crippen LogP contribution in [0.15, 0.2) is 17.0 Å². The van der Waals surface area contributed by atoms with Crippen molar-refractivity contribution in [3.05, 3.63) is 22.6 Å². The van der Waals surface area contributed by atoms with Crippen LogP contribution in [0.5, 0.6) is 5.75 Å². The minimum absolute atomic E-state index is 0.270. The standard InChI is InChI=1S/C16H21BrN4O/c1-16(4-6-18-7-5-16)10-22-13-8-14-19-20-15(17)21(14)9-12(13)11-2-3-11/h8-9,11,18H,2-7,10H2,1H3. The van der Waals surface area contributed by atoms with Crippen LogP contribution in [-0.2, 0) is 0 Å². The summed E-state index contributed by atoms with van der Waals surface area (Å²) in [5, 5.41) is 11.7. The highest BCUT2D eigenvalue weighted by Gasteiger charge is 2.31. The highest BCUT2D eigenvalue weighted by molar-refractivity contribution is 9.10. The van der Waals surface area contributed by atoms with Gasteiger partial charge in [0.1, 0.15) is 5.75 Å². The second-order valence-electron chi connectivity index (χ2n) is 6.91. The number of piperidine rings is 1. The Kier molecular flexibility index (Phi) is 3.61. The van der Waals surface area contributed by atoms with Crippen LogP contribution >= 0.6 is 15.9 Å². The van der Waals surface area contributed by atoms with Crippen LogP contribution in [0.3, 0.4) is 0 Å². The Labute approximate surface area is 138 Å². The average Bonchev–Trinajstić information content (AvgIpc) is 3.30. The number of halogens is 1. The van der Waals surface area contributed by atoms with Crippen molar-refractivity contribution in [3.8, 4) is 5.75 Å². The van der Waals surface area contributed by atoms with Crippen LogP contribution < -0.4 is 10.1 Å². The predicted molar refractivity (Wildman–Crippen MR) is 88.4 cm³/mol. The first-order valence-corrected chi connectivity index (χ1v) is 8.82. The minimum atomic E-state index is 0.270. The van der Waals surface area contributed by atoms with Gasteiger partial charge in [-0.1, -0.05) is 6.92 Å². The lowest BCUT2D eigenvalue weighted by Crippen LogP contribution is -2.38. The van der Waals surface area contributed by atoms with Gasteiger partial charge in [-0.05, 0) is 60.6 Å². The monoisotopic (exact) mass is 364 g/mol. The molecule has 6 heteroatoms. The van der Waals surface area contributed by atoms with E-state index in [2.05, 4.69) is 44.6 Å². The van der Waals surface area contributed by atoms with Gasteiger partial charge in [0.15, 0.2) is 5.65 Å². The summed E-state index contributed by atoms with van der Waals surface area (Å²) in [5.74, 6) is 1.63. The summed E-state index contributed by atoms with van der Waals surface area (Å²) >= 11 is 3.45. The third kappa shape index (κ3) is 2.74. The minimum Gasteiger partial charge on any atom is -0.493 e. The van der Waals surface area contributed by atoms with E-state index in [1.165, 1.54) is 31.2 Å². The fraction of sp³-hybridized carbons (Fsp3) is 0.625. The Balaban J connectivity index is 1.61. The predicted octanol–water partition coefficient (Wildman–Crippen LogP) is 3.14. The molecular formula is C16H21BrN4O. The Morgan fingerprint density at radius 2 is 2.14 bits per heavy atom. The molecule has 118 valence electrons. The van der Waals surface area contributed by atoms with Gasteiger partial charge in [-0.25, -0.2) is 0 Å².